The molecular weight excluding hydrogens is 329 g/mol. The molecule has 0 bridgehead atoms. The summed E-state index contributed by atoms with van der Waals surface area (Å²) in [5.74, 6) is -2.01. The van der Waals surface area contributed by atoms with Crippen molar-refractivity contribution in [2.45, 2.75) is 9.24 Å². The summed E-state index contributed by atoms with van der Waals surface area (Å²) in [6.07, 6.45) is 0. The standard InChI is InChI=1S/C10H5BrFNO2S2/c11-8-4-16-10(13-8)17-5-1-2-7(12)6(3-5)9(14)15/h1-4H,(H,14,15). The molecule has 0 aliphatic carbocycles. The van der Waals surface area contributed by atoms with Crippen LogP contribution in [0.4, 0.5) is 4.39 Å². The van der Waals surface area contributed by atoms with Crippen molar-refractivity contribution in [2.75, 3.05) is 0 Å². The zero-order valence-corrected chi connectivity index (χ0v) is 11.4. The molecule has 0 aliphatic rings. The summed E-state index contributed by atoms with van der Waals surface area (Å²) in [7, 11) is 0. The first-order chi connectivity index (χ1) is 8.06. The maximum absolute atomic E-state index is 13.2. The van der Waals surface area contributed by atoms with Crippen LogP contribution in [0.1, 0.15) is 10.4 Å². The molecule has 2 rings (SSSR count). The van der Waals surface area contributed by atoms with Gasteiger partial charge in [-0.05, 0) is 34.1 Å². The van der Waals surface area contributed by atoms with E-state index < -0.39 is 11.8 Å². The van der Waals surface area contributed by atoms with Gasteiger partial charge in [-0.3, -0.25) is 0 Å². The van der Waals surface area contributed by atoms with Gasteiger partial charge in [-0.15, -0.1) is 11.3 Å². The molecule has 0 atom stereocenters. The van der Waals surface area contributed by atoms with Gasteiger partial charge < -0.3 is 5.11 Å². The van der Waals surface area contributed by atoms with Crippen LogP contribution in [0.2, 0.25) is 0 Å². The number of rotatable bonds is 3. The van der Waals surface area contributed by atoms with Crippen molar-refractivity contribution in [3.8, 4) is 0 Å². The minimum atomic E-state index is -1.27. The third-order valence-corrected chi connectivity index (χ3v) is 4.47. The van der Waals surface area contributed by atoms with E-state index in [0.717, 1.165) is 15.0 Å². The van der Waals surface area contributed by atoms with Crippen LogP contribution in [-0.4, -0.2) is 16.1 Å². The van der Waals surface area contributed by atoms with Gasteiger partial charge in [0.15, 0.2) is 4.34 Å². The molecule has 2 aromatic rings. The third kappa shape index (κ3) is 3.05. The van der Waals surface area contributed by atoms with Gasteiger partial charge in [-0.2, -0.15) is 0 Å². The number of aromatic carboxylic acids is 1. The lowest BCUT2D eigenvalue weighted by molar-refractivity contribution is 0.0691. The Balaban J connectivity index is 2.28. The molecule has 1 heterocycles. The number of hydrogen-bond acceptors (Lipinski definition) is 4. The van der Waals surface area contributed by atoms with E-state index >= 15 is 0 Å². The number of nitrogens with zero attached hydrogens (tertiary/aromatic N) is 1. The second-order valence-corrected chi connectivity index (χ2v) is 5.98. The Morgan fingerprint density at radius 3 is 2.88 bits per heavy atom. The molecule has 7 heteroatoms. The molecule has 0 saturated heterocycles. The molecule has 1 aromatic heterocycles. The molecule has 0 unspecified atom stereocenters. The first kappa shape index (κ1) is 12.5. The normalized spacial score (nSPS) is 10.5. The van der Waals surface area contributed by atoms with Crippen LogP contribution in [0.3, 0.4) is 0 Å². The first-order valence-corrected chi connectivity index (χ1v) is 6.87. The highest BCUT2D eigenvalue weighted by Gasteiger charge is 2.12. The summed E-state index contributed by atoms with van der Waals surface area (Å²) < 4.78 is 14.6. The average molecular weight is 334 g/mol. The van der Waals surface area contributed by atoms with Crippen LogP contribution in [0.25, 0.3) is 0 Å². The van der Waals surface area contributed by atoms with E-state index in [1.807, 2.05) is 5.38 Å². The fraction of sp³-hybridized carbons (Fsp3) is 0. The molecular formula is C10H5BrFNO2S2. The van der Waals surface area contributed by atoms with E-state index in [0.29, 0.717) is 4.90 Å². The Hall–Kier alpha value is -0.920. The lowest BCUT2D eigenvalue weighted by atomic mass is 10.2. The number of hydrogen-bond donors (Lipinski definition) is 1. The maximum atomic E-state index is 13.2. The van der Waals surface area contributed by atoms with Crippen LogP contribution >= 0.6 is 39.0 Å². The molecule has 0 amide bonds. The number of aromatic nitrogens is 1. The molecule has 0 radical (unpaired) electrons. The molecule has 1 N–H and O–H groups in total. The zero-order valence-electron chi connectivity index (χ0n) is 8.18. The van der Waals surface area contributed by atoms with Gasteiger partial charge in [-0.1, -0.05) is 11.8 Å². The molecule has 3 nitrogen and oxygen atoms in total. The van der Waals surface area contributed by atoms with Crippen LogP contribution < -0.4 is 0 Å². The summed E-state index contributed by atoms with van der Waals surface area (Å²) in [6, 6.07) is 3.98. The maximum Gasteiger partial charge on any atom is 0.338 e. The van der Waals surface area contributed by atoms with Crippen molar-refractivity contribution < 1.29 is 14.3 Å². The van der Waals surface area contributed by atoms with Crippen LogP contribution in [0.15, 0.2) is 37.4 Å². The SMILES string of the molecule is O=C(O)c1cc(Sc2nc(Br)cs2)ccc1F. The summed E-state index contributed by atoms with van der Waals surface area (Å²) in [5.41, 5.74) is -0.328. The monoisotopic (exact) mass is 333 g/mol. The zero-order chi connectivity index (χ0) is 12.4. The molecule has 0 spiro atoms. The van der Waals surface area contributed by atoms with E-state index in [9.17, 15) is 9.18 Å². The molecule has 88 valence electrons. The largest absolute Gasteiger partial charge is 0.478 e. The van der Waals surface area contributed by atoms with Gasteiger partial charge in [0.05, 0.1) is 5.56 Å². The third-order valence-electron chi connectivity index (χ3n) is 1.83. The van der Waals surface area contributed by atoms with Gasteiger partial charge >= 0.3 is 5.97 Å². The van der Waals surface area contributed by atoms with Crippen molar-refractivity contribution in [3.63, 3.8) is 0 Å². The molecule has 1 aromatic carbocycles. The van der Waals surface area contributed by atoms with Gasteiger partial charge in [-0.25, -0.2) is 14.2 Å². The number of thiazole rings is 1. The minimum Gasteiger partial charge on any atom is -0.478 e. The Labute approximate surface area is 113 Å². The molecule has 0 saturated carbocycles. The second kappa shape index (κ2) is 5.16. The number of carboxylic acids is 1. The summed E-state index contributed by atoms with van der Waals surface area (Å²) in [6.45, 7) is 0. The van der Waals surface area contributed by atoms with Crippen molar-refractivity contribution in [1.29, 1.82) is 0 Å². The number of halogens is 2. The Bertz CT molecular complexity index is 573. The summed E-state index contributed by atoms with van der Waals surface area (Å²) in [5, 5.41) is 10.6. The fourth-order valence-corrected chi connectivity index (χ4v) is 3.50. The molecule has 0 aliphatic heterocycles. The van der Waals surface area contributed by atoms with Crippen molar-refractivity contribution in [3.05, 3.63) is 39.6 Å². The van der Waals surface area contributed by atoms with Crippen molar-refractivity contribution in [1.82, 2.24) is 4.98 Å². The van der Waals surface area contributed by atoms with E-state index in [1.54, 1.807) is 0 Å². The van der Waals surface area contributed by atoms with Gasteiger partial charge in [0.25, 0.3) is 0 Å². The van der Waals surface area contributed by atoms with Gasteiger partial charge in [0.2, 0.25) is 0 Å². The molecule has 0 fully saturated rings. The fourth-order valence-electron chi connectivity index (χ4n) is 1.12. The lowest BCUT2D eigenvalue weighted by Gasteiger charge is -2.01. The Morgan fingerprint density at radius 1 is 1.53 bits per heavy atom. The lowest BCUT2D eigenvalue weighted by Crippen LogP contribution is -2.00. The second-order valence-electron chi connectivity index (χ2n) is 2.99. The number of carbonyl (C=O) groups is 1. The van der Waals surface area contributed by atoms with E-state index in [1.165, 1.54) is 35.2 Å². The predicted octanol–water partition coefficient (Wildman–Crippen LogP) is 3.89. The van der Waals surface area contributed by atoms with Crippen LogP contribution in [-0.2, 0) is 0 Å². The molecule has 17 heavy (non-hydrogen) atoms. The highest BCUT2D eigenvalue weighted by atomic mass is 79.9. The van der Waals surface area contributed by atoms with Crippen molar-refractivity contribution >= 4 is 45.0 Å². The topological polar surface area (TPSA) is 50.2 Å². The van der Waals surface area contributed by atoms with Crippen LogP contribution in [0, 0.1) is 5.82 Å². The summed E-state index contributed by atoms with van der Waals surface area (Å²) >= 11 is 5.95. The summed E-state index contributed by atoms with van der Waals surface area (Å²) in [4.78, 5) is 15.6. The highest BCUT2D eigenvalue weighted by molar-refractivity contribution is 9.10. The average Bonchev–Trinajstić information content (AvgIpc) is 2.66. The van der Waals surface area contributed by atoms with Crippen molar-refractivity contribution in [2.24, 2.45) is 0 Å². The number of benzene rings is 1. The van der Waals surface area contributed by atoms with Crippen LogP contribution in [0.5, 0.6) is 0 Å². The highest BCUT2D eigenvalue weighted by Crippen LogP contribution is 2.32. The quantitative estimate of drug-likeness (QED) is 0.925. The Kier molecular flexibility index (Phi) is 3.80. The van der Waals surface area contributed by atoms with E-state index in [4.69, 9.17) is 5.11 Å². The van der Waals surface area contributed by atoms with E-state index in [-0.39, 0.29) is 5.56 Å². The predicted molar refractivity (Wildman–Crippen MR) is 67.3 cm³/mol. The first-order valence-electron chi connectivity index (χ1n) is 4.38. The van der Waals surface area contributed by atoms with Gasteiger partial charge in [0, 0.05) is 10.3 Å². The minimum absolute atomic E-state index is 0.328. The smallest absolute Gasteiger partial charge is 0.338 e. The van der Waals surface area contributed by atoms with Gasteiger partial charge in [0.1, 0.15) is 10.4 Å². The number of carboxylic acid groups (broad SMARTS) is 1. The van der Waals surface area contributed by atoms with E-state index in [2.05, 4.69) is 20.9 Å². The Morgan fingerprint density at radius 2 is 2.29 bits per heavy atom.